The van der Waals surface area contributed by atoms with Gasteiger partial charge in [-0.1, -0.05) is 6.92 Å². The fourth-order valence-corrected chi connectivity index (χ4v) is 2.08. The lowest BCUT2D eigenvalue weighted by molar-refractivity contribution is 0.600. The van der Waals surface area contributed by atoms with Gasteiger partial charge in [-0.2, -0.15) is 0 Å². The molecule has 0 aliphatic carbocycles. The molecule has 0 fully saturated rings. The first-order chi connectivity index (χ1) is 5.95. The molecule has 1 heterocycles. The van der Waals surface area contributed by atoms with Crippen molar-refractivity contribution in [2.24, 2.45) is 0 Å². The second-order valence-corrected chi connectivity index (χ2v) is 5.04. The molecule has 0 saturated carbocycles. The normalized spacial score (nSPS) is 11.6. The van der Waals surface area contributed by atoms with Crippen LogP contribution in [0.5, 0.6) is 0 Å². The maximum absolute atomic E-state index is 11.3. The summed E-state index contributed by atoms with van der Waals surface area (Å²) in [6.45, 7) is 3.67. The van der Waals surface area contributed by atoms with E-state index in [-0.39, 0.29) is 0 Å². The minimum Gasteiger partial charge on any atom is -0.260 e. The summed E-state index contributed by atoms with van der Waals surface area (Å²) in [4.78, 5) is 4.38. The maximum atomic E-state index is 11.3. The molecule has 4 heteroatoms. The molecule has 72 valence electrons. The standard InChI is InChI=1S/C9H13NO2S/c1-4-8-5-9(13(3,11)12)7(2)10-6-8/h5-6H,4H2,1-3H3. The molecule has 0 atom stereocenters. The van der Waals surface area contributed by atoms with Gasteiger partial charge in [-0.3, -0.25) is 4.98 Å². The van der Waals surface area contributed by atoms with Crippen molar-refractivity contribution in [2.45, 2.75) is 25.2 Å². The summed E-state index contributed by atoms with van der Waals surface area (Å²) < 4.78 is 22.6. The van der Waals surface area contributed by atoms with Gasteiger partial charge in [0.2, 0.25) is 0 Å². The van der Waals surface area contributed by atoms with E-state index >= 15 is 0 Å². The van der Waals surface area contributed by atoms with Gasteiger partial charge < -0.3 is 0 Å². The average Bonchev–Trinajstić information content (AvgIpc) is 2.03. The number of hydrogen-bond acceptors (Lipinski definition) is 3. The van der Waals surface area contributed by atoms with Crippen LogP contribution < -0.4 is 0 Å². The monoisotopic (exact) mass is 199 g/mol. The smallest absolute Gasteiger partial charge is 0.177 e. The molecule has 0 unspecified atom stereocenters. The zero-order valence-electron chi connectivity index (χ0n) is 8.03. The first kappa shape index (κ1) is 10.2. The number of pyridine rings is 1. The number of aromatic nitrogens is 1. The Bertz CT molecular complexity index is 410. The molecular weight excluding hydrogens is 186 g/mol. The van der Waals surface area contributed by atoms with Crippen LogP contribution in [-0.2, 0) is 16.3 Å². The molecule has 3 nitrogen and oxygen atoms in total. The third-order valence-corrected chi connectivity index (χ3v) is 3.12. The Morgan fingerprint density at radius 1 is 1.46 bits per heavy atom. The molecule has 1 rings (SSSR count). The van der Waals surface area contributed by atoms with Crippen molar-refractivity contribution in [2.75, 3.05) is 6.26 Å². The molecule has 0 aliphatic rings. The molecular formula is C9H13NO2S. The van der Waals surface area contributed by atoms with Gasteiger partial charge in [0.15, 0.2) is 9.84 Å². The fourth-order valence-electron chi connectivity index (χ4n) is 1.12. The van der Waals surface area contributed by atoms with Crippen LogP contribution in [-0.4, -0.2) is 19.7 Å². The molecule has 0 saturated heterocycles. The highest BCUT2D eigenvalue weighted by Gasteiger charge is 2.11. The highest BCUT2D eigenvalue weighted by molar-refractivity contribution is 7.90. The number of aryl methyl sites for hydroxylation is 2. The maximum Gasteiger partial charge on any atom is 0.177 e. The lowest BCUT2D eigenvalue weighted by Crippen LogP contribution is -2.02. The summed E-state index contributed by atoms with van der Waals surface area (Å²) in [5, 5.41) is 0. The van der Waals surface area contributed by atoms with E-state index in [4.69, 9.17) is 0 Å². The Morgan fingerprint density at radius 2 is 2.08 bits per heavy atom. The van der Waals surface area contributed by atoms with Crippen molar-refractivity contribution in [3.63, 3.8) is 0 Å². The van der Waals surface area contributed by atoms with E-state index in [9.17, 15) is 8.42 Å². The highest BCUT2D eigenvalue weighted by atomic mass is 32.2. The number of hydrogen-bond donors (Lipinski definition) is 0. The van der Waals surface area contributed by atoms with Gasteiger partial charge in [0.1, 0.15) is 0 Å². The molecule has 0 spiro atoms. The van der Waals surface area contributed by atoms with E-state index in [1.54, 1.807) is 19.2 Å². The van der Waals surface area contributed by atoms with Crippen molar-refractivity contribution < 1.29 is 8.42 Å². The predicted octanol–water partition coefficient (Wildman–Crippen LogP) is 1.36. The van der Waals surface area contributed by atoms with Crippen molar-refractivity contribution in [1.29, 1.82) is 0 Å². The van der Waals surface area contributed by atoms with E-state index in [2.05, 4.69) is 4.98 Å². The molecule has 13 heavy (non-hydrogen) atoms. The van der Waals surface area contributed by atoms with Crippen LogP contribution in [0.1, 0.15) is 18.2 Å². The van der Waals surface area contributed by atoms with Crippen molar-refractivity contribution >= 4 is 9.84 Å². The van der Waals surface area contributed by atoms with Crippen LogP contribution in [0, 0.1) is 6.92 Å². The Kier molecular flexibility index (Phi) is 2.71. The SMILES string of the molecule is CCc1cnc(C)c(S(C)(=O)=O)c1. The van der Waals surface area contributed by atoms with Gasteiger partial charge >= 0.3 is 0 Å². The second kappa shape index (κ2) is 3.46. The van der Waals surface area contributed by atoms with Gasteiger partial charge in [0.05, 0.1) is 10.6 Å². The molecule has 1 aromatic rings. The second-order valence-electron chi connectivity index (χ2n) is 3.05. The Hall–Kier alpha value is -0.900. The summed E-state index contributed by atoms with van der Waals surface area (Å²) in [6, 6.07) is 1.69. The summed E-state index contributed by atoms with van der Waals surface area (Å²) >= 11 is 0. The molecule has 0 bridgehead atoms. The molecule has 0 aromatic carbocycles. The molecule has 0 radical (unpaired) electrons. The minimum absolute atomic E-state index is 0.340. The third kappa shape index (κ3) is 2.28. The molecule has 0 N–H and O–H groups in total. The fraction of sp³-hybridized carbons (Fsp3) is 0.444. The first-order valence-electron chi connectivity index (χ1n) is 4.10. The van der Waals surface area contributed by atoms with Crippen LogP contribution in [0.4, 0.5) is 0 Å². The van der Waals surface area contributed by atoms with E-state index in [1.807, 2.05) is 6.92 Å². The Labute approximate surface area is 78.7 Å². The van der Waals surface area contributed by atoms with E-state index in [1.165, 1.54) is 6.26 Å². The van der Waals surface area contributed by atoms with Crippen LogP contribution in [0.15, 0.2) is 17.2 Å². The summed E-state index contributed by atoms with van der Waals surface area (Å²) in [7, 11) is -3.13. The molecule has 1 aromatic heterocycles. The van der Waals surface area contributed by atoms with Crippen LogP contribution >= 0.6 is 0 Å². The van der Waals surface area contributed by atoms with Crippen molar-refractivity contribution in [3.8, 4) is 0 Å². The minimum atomic E-state index is -3.13. The van der Waals surface area contributed by atoms with Gasteiger partial charge in [-0.15, -0.1) is 0 Å². The first-order valence-corrected chi connectivity index (χ1v) is 6.00. The van der Waals surface area contributed by atoms with E-state index in [0.29, 0.717) is 10.6 Å². The summed E-state index contributed by atoms with van der Waals surface area (Å²) in [5.41, 5.74) is 1.52. The van der Waals surface area contributed by atoms with Crippen molar-refractivity contribution in [1.82, 2.24) is 4.98 Å². The van der Waals surface area contributed by atoms with Crippen LogP contribution in [0.2, 0.25) is 0 Å². The largest absolute Gasteiger partial charge is 0.260 e. The third-order valence-electron chi connectivity index (χ3n) is 1.90. The Balaban J connectivity index is 3.36. The summed E-state index contributed by atoms with van der Waals surface area (Å²) in [6.07, 6.45) is 3.72. The molecule has 0 aliphatic heterocycles. The summed E-state index contributed by atoms with van der Waals surface area (Å²) in [5.74, 6) is 0. The average molecular weight is 199 g/mol. The zero-order valence-corrected chi connectivity index (χ0v) is 8.85. The quantitative estimate of drug-likeness (QED) is 0.722. The molecule has 0 amide bonds. The van der Waals surface area contributed by atoms with Gasteiger partial charge in [0.25, 0.3) is 0 Å². The van der Waals surface area contributed by atoms with Gasteiger partial charge in [0, 0.05) is 12.5 Å². The number of rotatable bonds is 2. The topological polar surface area (TPSA) is 47.0 Å². The highest BCUT2D eigenvalue weighted by Crippen LogP contribution is 2.14. The Morgan fingerprint density at radius 3 is 2.54 bits per heavy atom. The van der Waals surface area contributed by atoms with Crippen LogP contribution in [0.3, 0.4) is 0 Å². The lowest BCUT2D eigenvalue weighted by Gasteiger charge is -2.04. The van der Waals surface area contributed by atoms with E-state index in [0.717, 1.165) is 12.0 Å². The van der Waals surface area contributed by atoms with Crippen LogP contribution in [0.25, 0.3) is 0 Å². The zero-order chi connectivity index (χ0) is 10.1. The number of sulfone groups is 1. The number of nitrogens with zero attached hydrogens (tertiary/aromatic N) is 1. The van der Waals surface area contributed by atoms with Gasteiger partial charge in [-0.05, 0) is 25.0 Å². The van der Waals surface area contributed by atoms with Crippen molar-refractivity contribution in [3.05, 3.63) is 23.5 Å². The predicted molar refractivity (Wildman–Crippen MR) is 51.5 cm³/mol. The lowest BCUT2D eigenvalue weighted by atomic mass is 10.2. The van der Waals surface area contributed by atoms with Gasteiger partial charge in [-0.25, -0.2) is 8.42 Å². The van der Waals surface area contributed by atoms with E-state index < -0.39 is 9.84 Å².